The van der Waals surface area contributed by atoms with Gasteiger partial charge in [-0.25, -0.2) is 0 Å². The number of aldehydes is 1. The molecule has 5 atom stereocenters. The summed E-state index contributed by atoms with van der Waals surface area (Å²) in [4.78, 5) is 18.2. The lowest BCUT2D eigenvalue weighted by Crippen LogP contribution is -2.49. The number of hydrogen-bond acceptors (Lipinski definition) is 4. The first-order valence-electron chi connectivity index (χ1n) is 11.8. The van der Waals surface area contributed by atoms with Crippen LogP contribution in [0.25, 0.3) is 5.57 Å². The van der Waals surface area contributed by atoms with E-state index in [2.05, 4.69) is 50.0 Å². The minimum Gasteiger partial charge on any atom is -0.495 e. The lowest BCUT2D eigenvalue weighted by atomic mass is 9.47. The zero-order valence-electron chi connectivity index (χ0n) is 19.9. The molecule has 168 valence electrons. The highest BCUT2D eigenvalue weighted by Gasteiger charge is 2.56. The first-order chi connectivity index (χ1) is 14.8. The Hall–Kier alpha value is -1.94. The van der Waals surface area contributed by atoms with Crippen LogP contribution in [0.15, 0.2) is 36.2 Å². The minimum atomic E-state index is 0.121. The van der Waals surface area contributed by atoms with Crippen LogP contribution in [0.4, 0.5) is 0 Å². The summed E-state index contributed by atoms with van der Waals surface area (Å²) in [5.74, 6) is 2.87. The fourth-order valence-corrected chi connectivity index (χ4v) is 7.18. The Kier molecular flexibility index (Phi) is 6.13. The second-order valence-corrected chi connectivity index (χ2v) is 10.6. The van der Waals surface area contributed by atoms with Gasteiger partial charge in [-0.05, 0) is 111 Å². The average Bonchev–Trinajstić information content (AvgIpc) is 3.12. The molecule has 0 saturated heterocycles. The van der Waals surface area contributed by atoms with Crippen molar-refractivity contribution in [2.75, 3.05) is 27.7 Å². The van der Waals surface area contributed by atoms with Crippen molar-refractivity contribution < 1.29 is 9.53 Å². The number of rotatable bonds is 6. The van der Waals surface area contributed by atoms with Crippen LogP contribution in [0.5, 0.6) is 5.75 Å². The van der Waals surface area contributed by atoms with Crippen LogP contribution in [0.2, 0.25) is 0 Å². The molecule has 2 fully saturated rings. The van der Waals surface area contributed by atoms with Crippen LogP contribution < -0.4 is 4.74 Å². The summed E-state index contributed by atoms with van der Waals surface area (Å²) in [5.41, 5.74) is 4.39. The van der Waals surface area contributed by atoms with Crippen molar-refractivity contribution in [1.29, 1.82) is 0 Å². The molecular formula is C27H38N2O2. The summed E-state index contributed by atoms with van der Waals surface area (Å²) in [6.45, 7) is 6.00. The lowest BCUT2D eigenvalue weighted by molar-refractivity contribution is -0.104. The largest absolute Gasteiger partial charge is 0.495 e. The molecule has 5 unspecified atom stereocenters. The van der Waals surface area contributed by atoms with E-state index in [4.69, 9.17) is 4.74 Å². The van der Waals surface area contributed by atoms with Gasteiger partial charge in [-0.15, -0.1) is 0 Å². The van der Waals surface area contributed by atoms with Crippen LogP contribution in [-0.2, 0) is 4.79 Å². The zero-order chi connectivity index (χ0) is 22.2. The van der Waals surface area contributed by atoms with E-state index >= 15 is 0 Å². The number of methoxy groups -OCH3 is 1. The van der Waals surface area contributed by atoms with Gasteiger partial charge in [-0.2, -0.15) is 0 Å². The number of allylic oxidation sites excluding steroid dienone is 4. The molecule has 2 saturated carbocycles. The number of nitrogens with zero attached hydrogens (tertiary/aromatic N) is 2. The topological polar surface area (TPSA) is 42.4 Å². The molecule has 0 aromatic carbocycles. The van der Waals surface area contributed by atoms with E-state index in [0.29, 0.717) is 17.8 Å². The van der Waals surface area contributed by atoms with E-state index in [9.17, 15) is 4.79 Å². The van der Waals surface area contributed by atoms with Crippen molar-refractivity contribution in [2.24, 2.45) is 28.6 Å². The average molecular weight is 423 g/mol. The van der Waals surface area contributed by atoms with Crippen molar-refractivity contribution in [1.82, 2.24) is 9.88 Å². The van der Waals surface area contributed by atoms with Gasteiger partial charge in [0, 0.05) is 6.20 Å². The third kappa shape index (κ3) is 3.77. The summed E-state index contributed by atoms with van der Waals surface area (Å²) in [6, 6.07) is 2.14. The Morgan fingerprint density at radius 1 is 1.23 bits per heavy atom. The highest BCUT2D eigenvalue weighted by atomic mass is 16.5. The van der Waals surface area contributed by atoms with E-state index in [-0.39, 0.29) is 10.8 Å². The number of fused-ring (bicyclic) bond motifs is 3. The summed E-state index contributed by atoms with van der Waals surface area (Å²) in [6.07, 6.45) is 16.2. The number of pyridine rings is 1. The van der Waals surface area contributed by atoms with Crippen molar-refractivity contribution in [3.8, 4) is 5.75 Å². The first-order valence-corrected chi connectivity index (χ1v) is 11.8. The highest BCUT2D eigenvalue weighted by molar-refractivity contribution is 5.73. The zero-order valence-corrected chi connectivity index (χ0v) is 19.9. The number of aromatic nitrogens is 1. The lowest BCUT2D eigenvalue weighted by Gasteiger charge is -2.57. The van der Waals surface area contributed by atoms with Gasteiger partial charge < -0.3 is 9.64 Å². The molecule has 1 heterocycles. The van der Waals surface area contributed by atoms with Crippen LogP contribution in [-0.4, -0.2) is 43.9 Å². The fourth-order valence-electron chi connectivity index (χ4n) is 7.18. The smallest absolute Gasteiger partial charge is 0.142 e. The molecule has 3 aliphatic rings. The highest BCUT2D eigenvalue weighted by Crippen LogP contribution is 2.66. The van der Waals surface area contributed by atoms with Crippen molar-refractivity contribution in [2.45, 2.75) is 52.4 Å². The Labute approximate surface area is 187 Å². The quantitative estimate of drug-likeness (QED) is 0.454. The Balaban J connectivity index is 1.64. The Morgan fingerprint density at radius 2 is 2.03 bits per heavy atom. The van der Waals surface area contributed by atoms with E-state index in [1.165, 1.54) is 36.0 Å². The van der Waals surface area contributed by atoms with Gasteiger partial charge >= 0.3 is 0 Å². The minimum absolute atomic E-state index is 0.121. The molecule has 1 aromatic heterocycles. The van der Waals surface area contributed by atoms with Gasteiger partial charge in [0.05, 0.1) is 13.3 Å². The van der Waals surface area contributed by atoms with Crippen molar-refractivity contribution >= 4 is 11.9 Å². The first kappa shape index (κ1) is 22.3. The van der Waals surface area contributed by atoms with Gasteiger partial charge in [-0.1, -0.05) is 25.5 Å². The van der Waals surface area contributed by atoms with Crippen LogP contribution >= 0.6 is 0 Å². The number of carbonyl (C=O) groups is 1. The molecule has 1 aromatic rings. The molecule has 4 nitrogen and oxygen atoms in total. The molecule has 0 N–H and O–H groups in total. The van der Waals surface area contributed by atoms with Gasteiger partial charge in [0.1, 0.15) is 12.0 Å². The normalized spacial score (nSPS) is 36.1. The van der Waals surface area contributed by atoms with E-state index < -0.39 is 0 Å². The van der Waals surface area contributed by atoms with Gasteiger partial charge in [-0.3, -0.25) is 9.78 Å². The summed E-state index contributed by atoms with van der Waals surface area (Å²) in [7, 11) is 6.01. The molecule has 0 aliphatic heterocycles. The van der Waals surface area contributed by atoms with Gasteiger partial charge in [0.25, 0.3) is 0 Å². The Bertz CT molecular complexity index is 889. The van der Waals surface area contributed by atoms with Crippen LogP contribution in [0.1, 0.15) is 57.9 Å². The Morgan fingerprint density at radius 3 is 2.74 bits per heavy atom. The van der Waals surface area contributed by atoms with Crippen LogP contribution in [0, 0.1) is 28.6 Å². The van der Waals surface area contributed by atoms with E-state index in [0.717, 1.165) is 37.8 Å². The van der Waals surface area contributed by atoms with Crippen molar-refractivity contribution in [3.63, 3.8) is 0 Å². The SMILES string of the molecule is COc1cncc(C2=CCC3C4CC/C(=C/C=O)C(C)(CCN(C)C)C4CCC23C)c1. The summed E-state index contributed by atoms with van der Waals surface area (Å²) in [5, 5.41) is 0. The third-order valence-electron chi connectivity index (χ3n) is 8.92. The molecule has 0 bridgehead atoms. The molecule has 0 spiro atoms. The fraction of sp³-hybridized carbons (Fsp3) is 0.630. The predicted octanol–water partition coefficient (Wildman–Crippen LogP) is 5.40. The summed E-state index contributed by atoms with van der Waals surface area (Å²) < 4.78 is 5.45. The van der Waals surface area contributed by atoms with Crippen LogP contribution in [0.3, 0.4) is 0 Å². The number of hydrogen-bond donors (Lipinski definition) is 0. The van der Waals surface area contributed by atoms with E-state index in [1.807, 2.05) is 12.3 Å². The maximum absolute atomic E-state index is 11.4. The molecule has 4 rings (SSSR count). The van der Waals surface area contributed by atoms with E-state index in [1.54, 1.807) is 13.3 Å². The standard InChI is InChI=1S/C27H38N2O2/c1-26(13-14-29(3)4)20(11-15-30)6-7-22-24-9-8-23(27(24,2)12-10-25(22)26)19-16-21(31-5)18-28-17-19/h8,11,15-18,22,24-25H,6-7,9-10,12-14H2,1-5H3/b20-11-. The predicted molar refractivity (Wildman–Crippen MR) is 126 cm³/mol. The third-order valence-corrected chi connectivity index (χ3v) is 8.92. The molecule has 0 radical (unpaired) electrons. The van der Waals surface area contributed by atoms with Gasteiger partial charge in [0.2, 0.25) is 0 Å². The molecule has 4 heteroatoms. The molecular weight excluding hydrogens is 384 g/mol. The number of ether oxygens (including phenoxy) is 1. The molecule has 3 aliphatic carbocycles. The maximum atomic E-state index is 11.4. The second kappa shape index (κ2) is 8.54. The van der Waals surface area contributed by atoms with Crippen molar-refractivity contribution in [3.05, 3.63) is 41.7 Å². The maximum Gasteiger partial charge on any atom is 0.142 e. The second-order valence-electron chi connectivity index (χ2n) is 10.6. The summed E-state index contributed by atoms with van der Waals surface area (Å²) >= 11 is 0. The van der Waals surface area contributed by atoms with Gasteiger partial charge in [0.15, 0.2) is 0 Å². The monoisotopic (exact) mass is 422 g/mol. The molecule has 31 heavy (non-hydrogen) atoms. The molecule has 0 amide bonds. The number of carbonyl (C=O) groups excluding carboxylic acids is 1.